The van der Waals surface area contributed by atoms with E-state index in [-0.39, 0.29) is 11.8 Å². The molecule has 1 saturated heterocycles. The third-order valence-corrected chi connectivity index (χ3v) is 6.44. The van der Waals surface area contributed by atoms with Gasteiger partial charge < -0.3 is 9.80 Å². The van der Waals surface area contributed by atoms with Gasteiger partial charge in [0, 0.05) is 31.9 Å². The molecule has 5 heteroatoms. The van der Waals surface area contributed by atoms with Crippen molar-refractivity contribution < 1.29 is 9.59 Å². The molecular formula is C28H27N3O2. The van der Waals surface area contributed by atoms with Crippen LogP contribution in [0, 0.1) is 13.8 Å². The molecule has 0 unspecified atom stereocenters. The number of amides is 2. The highest BCUT2D eigenvalue weighted by molar-refractivity contribution is 6.45. The van der Waals surface area contributed by atoms with Crippen LogP contribution in [-0.4, -0.2) is 42.9 Å². The number of benzene rings is 3. The van der Waals surface area contributed by atoms with E-state index in [1.54, 1.807) is 0 Å². The molecule has 0 spiro atoms. The molecule has 2 aliphatic heterocycles. The molecule has 3 aromatic carbocycles. The van der Waals surface area contributed by atoms with Crippen molar-refractivity contribution in [2.75, 3.05) is 36.0 Å². The second-order valence-electron chi connectivity index (χ2n) is 8.63. The Balaban J connectivity index is 1.53. The summed E-state index contributed by atoms with van der Waals surface area (Å²) in [6.45, 7) is 6.98. The van der Waals surface area contributed by atoms with Crippen LogP contribution in [0.1, 0.15) is 16.7 Å². The van der Waals surface area contributed by atoms with E-state index in [4.69, 9.17) is 0 Å². The summed E-state index contributed by atoms with van der Waals surface area (Å²) in [7, 11) is 0. The Hall–Kier alpha value is -3.86. The maximum atomic E-state index is 13.7. The fourth-order valence-electron chi connectivity index (χ4n) is 4.79. The average Bonchev–Trinajstić information content (AvgIpc) is 3.10. The van der Waals surface area contributed by atoms with E-state index in [1.165, 1.54) is 10.6 Å². The molecule has 0 saturated carbocycles. The van der Waals surface area contributed by atoms with E-state index < -0.39 is 0 Å². The van der Waals surface area contributed by atoms with Crippen LogP contribution in [0.4, 0.5) is 11.4 Å². The summed E-state index contributed by atoms with van der Waals surface area (Å²) >= 11 is 0. The SMILES string of the molecule is Cc1ccc(C2=C(N3CCN(c4ccccc4)CC3)C(=O)N(c3ccccc3)C2=O)c(C)c1. The van der Waals surface area contributed by atoms with E-state index in [9.17, 15) is 9.59 Å². The first kappa shape index (κ1) is 21.0. The summed E-state index contributed by atoms with van der Waals surface area (Å²) in [5.74, 6) is -0.493. The average molecular weight is 438 g/mol. The molecule has 2 heterocycles. The highest BCUT2D eigenvalue weighted by atomic mass is 16.2. The molecule has 2 amide bonds. The van der Waals surface area contributed by atoms with Gasteiger partial charge in [0.1, 0.15) is 5.70 Å². The largest absolute Gasteiger partial charge is 0.368 e. The van der Waals surface area contributed by atoms with E-state index in [2.05, 4.69) is 28.0 Å². The minimum Gasteiger partial charge on any atom is -0.368 e. The van der Waals surface area contributed by atoms with Crippen molar-refractivity contribution in [3.05, 3.63) is 101 Å². The number of aryl methyl sites for hydroxylation is 2. The predicted molar refractivity (Wildman–Crippen MR) is 132 cm³/mol. The third-order valence-electron chi connectivity index (χ3n) is 6.44. The van der Waals surface area contributed by atoms with Crippen molar-refractivity contribution >= 4 is 28.8 Å². The number of imide groups is 1. The molecule has 0 N–H and O–H groups in total. The molecule has 0 aliphatic carbocycles. The van der Waals surface area contributed by atoms with Crippen LogP contribution in [0.25, 0.3) is 5.57 Å². The third kappa shape index (κ3) is 3.80. The lowest BCUT2D eigenvalue weighted by molar-refractivity contribution is -0.120. The summed E-state index contributed by atoms with van der Waals surface area (Å²) in [6, 6.07) is 25.6. The molecule has 0 bridgehead atoms. The lowest BCUT2D eigenvalue weighted by Crippen LogP contribution is -2.47. The predicted octanol–water partition coefficient (Wildman–Crippen LogP) is 4.41. The van der Waals surface area contributed by atoms with Crippen LogP contribution < -0.4 is 9.80 Å². The van der Waals surface area contributed by atoms with Gasteiger partial charge in [0.15, 0.2) is 0 Å². The number of piperazine rings is 1. The van der Waals surface area contributed by atoms with Crippen LogP contribution in [0.2, 0.25) is 0 Å². The molecule has 5 nitrogen and oxygen atoms in total. The van der Waals surface area contributed by atoms with Crippen molar-refractivity contribution in [3.63, 3.8) is 0 Å². The van der Waals surface area contributed by atoms with E-state index >= 15 is 0 Å². The molecule has 5 rings (SSSR count). The zero-order valence-corrected chi connectivity index (χ0v) is 19.0. The lowest BCUT2D eigenvalue weighted by atomic mass is 9.97. The fraction of sp³-hybridized carbons (Fsp3) is 0.214. The van der Waals surface area contributed by atoms with Crippen LogP contribution in [0.3, 0.4) is 0 Å². The van der Waals surface area contributed by atoms with Gasteiger partial charge in [0.05, 0.1) is 11.3 Å². The normalized spacial score (nSPS) is 16.7. The number of hydrogen-bond donors (Lipinski definition) is 0. The molecule has 0 atom stereocenters. The summed E-state index contributed by atoms with van der Waals surface area (Å²) in [4.78, 5) is 33.2. The number of para-hydroxylation sites is 2. The number of carbonyl (C=O) groups is 2. The van der Waals surface area contributed by atoms with E-state index in [0.29, 0.717) is 30.0 Å². The monoisotopic (exact) mass is 437 g/mol. The van der Waals surface area contributed by atoms with Gasteiger partial charge in [-0.2, -0.15) is 0 Å². The molecule has 0 radical (unpaired) electrons. The second kappa shape index (κ2) is 8.58. The van der Waals surface area contributed by atoms with Crippen LogP contribution >= 0.6 is 0 Å². The topological polar surface area (TPSA) is 43.9 Å². The standard InChI is InChI=1S/C28H27N3O2/c1-20-13-14-24(21(2)19-20)25-26(28(33)31(27(25)32)23-11-7-4-8-12-23)30-17-15-29(16-18-30)22-9-5-3-6-10-22/h3-14,19H,15-18H2,1-2H3. The fourth-order valence-corrected chi connectivity index (χ4v) is 4.79. The molecule has 33 heavy (non-hydrogen) atoms. The molecule has 1 fully saturated rings. The van der Waals surface area contributed by atoms with Crippen molar-refractivity contribution in [2.24, 2.45) is 0 Å². The van der Waals surface area contributed by atoms with Crippen molar-refractivity contribution in [1.82, 2.24) is 4.90 Å². The number of rotatable bonds is 4. The van der Waals surface area contributed by atoms with Gasteiger partial charge >= 0.3 is 0 Å². The van der Waals surface area contributed by atoms with Crippen LogP contribution in [0.5, 0.6) is 0 Å². The molecule has 166 valence electrons. The van der Waals surface area contributed by atoms with Crippen LogP contribution in [-0.2, 0) is 9.59 Å². The van der Waals surface area contributed by atoms with E-state index in [1.807, 2.05) is 74.5 Å². The van der Waals surface area contributed by atoms with Gasteiger partial charge in [-0.05, 0) is 49.2 Å². The molecule has 0 aromatic heterocycles. The molecule has 3 aromatic rings. The summed E-state index contributed by atoms with van der Waals surface area (Å²) in [5, 5.41) is 0. The van der Waals surface area contributed by atoms with Gasteiger partial charge in [0.25, 0.3) is 11.8 Å². The first-order valence-electron chi connectivity index (χ1n) is 11.4. The number of nitrogens with zero attached hydrogens (tertiary/aromatic N) is 3. The Morgan fingerprint density at radius 1 is 0.636 bits per heavy atom. The quantitative estimate of drug-likeness (QED) is 0.567. The lowest BCUT2D eigenvalue weighted by Gasteiger charge is -2.37. The first-order valence-corrected chi connectivity index (χ1v) is 11.4. The zero-order valence-electron chi connectivity index (χ0n) is 19.0. The smallest absolute Gasteiger partial charge is 0.282 e. The Bertz CT molecular complexity index is 1230. The highest BCUT2D eigenvalue weighted by Crippen LogP contribution is 2.36. The minimum absolute atomic E-state index is 0.241. The van der Waals surface area contributed by atoms with Gasteiger partial charge in [-0.3, -0.25) is 9.59 Å². The van der Waals surface area contributed by atoms with Gasteiger partial charge in [-0.25, -0.2) is 4.90 Å². The van der Waals surface area contributed by atoms with Crippen LogP contribution in [0.15, 0.2) is 84.6 Å². The zero-order chi connectivity index (χ0) is 22.9. The minimum atomic E-state index is -0.251. The summed E-state index contributed by atoms with van der Waals surface area (Å²) < 4.78 is 0. The molecule has 2 aliphatic rings. The van der Waals surface area contributed by atoms with Crippen molar-refractivity contribution in [1.29, 1.82) is 0 Å². The number of anilines is 2. The summed E-state index contributed by atoms with van der Waals surface area (Å²) in [5.41, 5.74) is 5.78. The maximum absolute atomic E-state index is 13.7. The number of hydrogen-bond acceptors (Lipinski definition) is 4. The maximum Gasteiger partial charge on any atom is 0.282 e. The first-order chi connectivity index (χ1) is 16.0. The highest BCUT2D eigenvalue weighted by Gasteiger charge is 2.43. The second-order valence-corrected chi connectivity index (χ2v) is 8.63. The Morgan fingerprint density at radius 3 is 1.82 bits per heavy atom. The Labute approximate surface area is 194 Å². The van der Waals surface area contributed by atoms with Crippen molar-refractivity contribution in [3.8, 4) is 0 Å². The van der Waals surface area contributed by atoms with E-state index in [0.717, 1.165) is 29.8 Å². The Morgan fingerprint density at radius 2 is 1.21 bits per heavy atom. The number of carbonyl (C=O) groups excluding carboxylic acids is 2. The van der Waals surface area contributed by atoms with Gasteiger partial charge in [-0.15, -0.1) is 0 Å². The Kier molecular flexibility index (Phi) is 5.47. The molecular weight excluding hydrogens is 410 g/mol. The summed E-state index contributed by atoms with van der Waals surface area (Å²) in [6.07, 6.45) is 0. The van der Waals surface area contributed by atoms with Gasteiger partial charge in [0.2, 0.25) is 0 Å². The van der Waals surface area contributed by atoms with Crippen molar-refractivity contribution in [2.45, 2.75) is 13.8 Å². The van der Waals surface area contributed by atoms with Gasteiger partial charge in [-0.1, -0.05) is 60.2 Å².